The van der Waals surface area contributed by atoms with Gasteiger partial charge in [-0.2, -0.15) is 0 Å². The number of ketones is 1. The van der Waals surface area contributed by atoms with Gasteiger partial charge in [0.05, 0.1) is 0 Å². The fourth-order valence-corrected chi connectivity index (χ4v) is 1.69. The van der Waals surface area contributed by atoms with Gasteiger partial charge < -0.3 is 10.2 Å². The van der Waals surface area contributed by atoms with Crippen LogP contribution in [0.1, 0.15) is 12.8 Å². The molecule has 0 aliphatic heterocycles. The lowest BCUT2D eigenvalue weighted by Crippen LogP contribution is -2.42. The van der Waals surface area contributed by atoms with E-state index in [2.05, 4.69) is 23.7 Å². The number of aliphatic hydroxyl groups is 2. The SMILES string of the molecule is O=C1C2=CCCC1(O)C#C/C=C\C#C[C@H]2O. The van der Waals surface area contributed by atoms with Crippen molar-refractivity contribution >= 4 is 5.78 Å². The van der Waals surface area contributed by atoms with Gasteiger partial charge in [0, 0.05) is 5.57 Å². The summed E-state index contributed by atoms with van der Waals surface area (Å²) < 4.78 is 0. The van der Waals surface area contributed by atoms with Crippen molar-refractivity contribution in [2.24, 2.45) is 0 Å². The fourth-order valence-electron chi connectivity index (χ4n) is 1.69. The standard InChI is InChI=1S/C13H10O3/c14-11-7-3-1-2-4-8-13(16)9-5-6-10(11)12(13)15/h1-2,6,11,14,16H,5,9H2/b2-1-/t11-,13?/m1/s1. The Morgan fingerprint density at radius 2 is 2.12 bits per heavy atom. The Morgan fingerprint density at radius 1 is 1.38 bits per heavy atom. The zero-order valence-electron chi connectivity index (χ0n) is 8.53. The summed E-state index contributed by atoms with van der Waals surface area (Å²) in [5.41, 5.74) is -1.53. The molecule has 0 fully saturated rings. The molecule has 1 unspecified atom stereocenters. The molecule has 0 aromatic rings. The minimum atomic E-state index is -1.67. The molecular weight excluding hydrogens is 204 g/mol. The van der Waals surface area contributed by atoms with E-state index < -0.39 is 17.5 Å². The average molecular weight is 214 g/mol. The Kier molecular flexibility index (Phi) is 2.66. The molecule has 2 N–H and O–H groups in total. The van der Waals surface area contributed by atoms with Crippen LogP contribution in [0.25, 0.3) is 0 Å². The maximum Gasteiger partial charge on any atom is 0.206 e. The first kappa shape index (κ1) is 10.7. The molecule has 0 saturated heterocycles. The third-order valence-electron chi connectivity index (χ3n) is 2.55. The van der Waals surface area contributed by atoms with Crippen LogP contribution >= 0.6 is 0 Å². The van der Waals surface area contributed by atoms with Crippen molar-refractivity contribution in [1.82, 2.24) is 0 Å². The average Bonchev–Trinajstić information content (AvgIpc) is 2.25. The second kappa shape index (κ2) is 3.98. The zero-order valence-corrected chi connectivity index (χ0v) is 8.53. The summed E-state index contributed by atoms with van der Waals surface area (Å²) in [7, 11) is 0. The highest BCUT2D eigenvalue weighted by molar-refractivity contribution is 6.06. The van der Waals surface area contributed by atoms with Crippen LogP contribution in [0, 0.1) is 23.7 Å². The maximum atomic E-state index is 11.9. The van der Waals surface area contributed by atoms with E-state index in [1.807, 2.05) is 0 Å². The molecule has 2 aliphatic rings. The molecular formula is C13H10O3. The van der Waals surface area contributed by atoms with Gasteiger partial charge >= 0.3 is 0 Å². The molecule has 2 rings (SSSR count). The molecule has 0 spiro atoms. The maximum absolute atomic E-state index is 11.9. The molecule has 3 nitrogen and oxygen atoms in total. The summed E-state index contributed by atoms with van der Waals surface area (Å²) in [6, 6.07) is 0. The van der Waals surface area contributed by atoms with Crippen molar-refractivity contribution in [3.63, 3.8) is 0 Å². The quantitative estimate of drug-likeness (QED) is 0.556. The number of hydrogen-bond acceptors (Lipinski definition) is 3. The summed E-state index contributed by atoms with van der Waals surface area (Å²) in [6.45, 7) is 0. The molecule has 0 heterocycles. The Labute approximate surface area is 93.5 Å². The number of Topliss-reactive ketones (excluding diaryl/α,β-unsaturated/α-hetero) is 1. The molecule has 2 aliphatic carbocycles. The molecule has 16 heavy (non-hydrogen) atoms. The largest absolute Gasteiger partial charge is 0.376 e. The Balaban J connectivity index is 2.53. The van der Waals surface area contributed by atoms with E-state index in [4.69, 9.17) is 0 Å². The van der Waals surface area contributed by atoms with Crippen LogP contribution in [-0.4, -0.2) is 27.7 Å². The van der Waals surface area contributed by atoms with Crippen LogP contribution in [0.4, 0.5) is 0 Å². The highest BCUT2D eigenvalue weighted by Crippen LogP contribution is 2.26. The van der Waals surface area contributed by atoms with Crippen LogP contribution in [0.5, 0.6) is 0 Å². The van der Waals surface area contributed by atoms with Gasteiger partial charge in [-0.25, -0.2) is 0 Å². The predicted octanol–water partition coefficient (Wildman–Crippen LogP) is -0.0557. The van der Waals surface area contributed by atoms with E-state index in [1.165, 1.54) is 12.2 Å². The second-order valence-electron chi connectivity index (χ2n) is 3.68. The zero-order chi connectivity index (χ0) is 11.6. The highest BCUT2D eigenvalue weighted by Gasteiger charge is 2.40. The summed E-state index contributed by atoms with van der Waals surface area (Å²) in [4.78, 5) is 11.9. The van der Waals surface area contributed by atoms with Gasteiger partial charge in [0.25, 0.3) is 0 Å². The minimum absolute atomic E-state index is 0.144. The molecule has 0 aromatic heterocycles. The normalized spacial score (nSPS) is 33.8. The third-order valence-corrected chi connectivity index (χ3v) is 2.55. The van der Waals surface area contributed by atoms with Crippen molar-refractivity contribution in [2.75, 3.05) is 0 Å². The van der Waals surface area contributed by atoms with E-state index in [9.17, 15) is 15.0 Å². The van der Waals surface area contributed by atoms with Crippen LogP contribution in [0.15, 0.2) is 23.8 Å². The van der Waals surface area contributed by atoms with E-state index in [0.29, 0.717) is 6.42 Å². The minimum Gasteiger partial charge on any atom is -0.376 e. The first-order valence-corrected chi connectivity index (χ1v) is 4.97. The number of hydrogen-bond donors (Lipinski definition) is 2. The van der Waals surface area contributed by atoms with Gasteiger partial charge in [0.1, 0.15) is 6.10 Å². The molecule has 0 radical (unpaired) electrons. The summed E-state index contributed by atoms with van der Waals surface area (Å²) in [5.74, 6) is 9.65. The van der Waals surface area contributed by atoms with Crippen LogP contribution in [0.2, 0.25) is 0 Å². The number of allylic oxidation sites excluding steroid dienone is 3. The van der Waals surface area contributed by atoms with Gasteiger partial charge in [-0.1, -0.05) is 29.8 Å². The van der Waals surface area contributed by atoms with Crippen molar-refractivity contribution in [3.8, 4) is 23.7 Å². The van der Waals surface area contributed by atoms with Crippen LogP contribution < -0.4 is 0 Å². The Morgan fingerprint density at radius 3 is 2.94 bits per heavy atom. The lowest BCUT2D eigenvalue weighted by atomic mass is 9.81. The summed E-state index contributed by atoms with van der Waals surface area (Å²) in [6.07, 6.45) is 4.16. The topological polar surface area (TPSA) is 57.5 Å². The molecule has 3 heteroatoms. The Bertz CT molecular complexity index is 505. The van der Waals surface area contributed by atoms with Crippen molar-refractivity contribution in [2.45, 2.75) is 24.5 Å². The molecule has 0 amide bonds. The van der Waals surface area contributed by atoms with E-state index in [1.54, 1.807) is 6.08 Å². The van der Waals surface area contributed by atoms with Gasteiger partial charge in [0.15, 0.2) is 5.60 Å². The molecule has 0 saturated carbocycles. The van der Waals surface area contributed by atoms with Gasteiger partial charge in [0.2, 0.25) is 5.78 Å². The summed E-state index contributed by atoms with van der Waals surface area (Å²) in [5, 5.41) is 19.7. The molecule has 80 valence electrons. The fraction of sp³-hybridized carbons (Fsp3) is 0.308. The van der Waals surface area contributed by atoms with E-state index in [-0.39, 0.29) is 12.0 Å². The number of carbonyl (C=O) groups excluding carboxylic acids is 1. The smallest absolute Gasteiger partial charge is 0.206 e. The number of fused-ring (bicyclic) bond motifs is 2. The second-order valence-corrected chi connectivity index (χ2v) is 3.68. The highest BCUT2D eigenvalue weighted by atomic mass is 16.3. The lowest BCUT2D eigenvalue weighted by Gasteiger charge is -2.26. The van der Waals surface area contributed by atoms with E-state index in [0.717, 1.165) is 0 Å². The van der Waals surface area contributed by atoms with E-state index >= 15 is 0 Å². The monoisotopic (exact) mass is 214 g/mol. The number of carbonyl (C=O) groups is 1. The predicted molar refractivity (Wildman–Crippen MR) is 58.0 cm³/mol. The van der Waals surface area contributed by atoms with Crippen molar-refractivity contribution < 1.29 is 15.0 Å². The third kappa shape index (κ3) is 1.79. The number of rotatable bonds is 0. The van der Waals surface area contributed by atoms with Gasteiger partial charge in [-0.3, -0.25) is 4.79 Å². The first-order chi connectivity index (χ1) is 7.63. The van der Waals surface area contributed by atoms with Crippen LogP contribution in [-0.2, 0) is 4.79 Å². The van der Waals surface area contributed by atoms with Gasteiger partial charge in [-0.05, 0) is 25.0 Å². The van der Waals surface area contributed by atoms with Crippen molar-refractivity contribution in [3.05, 3.63) is 23.8 Å². The number of aliphatic hydroxyl groups excluding tert-OH is 1. The van der Waals surface area contributed by atoms with Gasteiger partial charge in [-0.15, -0.1) is 0 Å². The Hall–Kier alpha value is -1.81. The molecule has 2 bridgehead atoms. The van der Waals surface area contributed by atoms with Crippen molar-refractivity contribution in [1.29, 1.82) is 0 Å². The summed E-state index contributed by atoms with van der Waals surface area (Å²) >= 11 is 0. The van der Waals surface area contributed by atoms with Crippen LogP contribution in [0.3, 0.4) is 0 Å². The molecule has 2 atom stereocenters. The lowest BCUT2D eigenvalue weighted by molar-refractivity contribution is -0.130. The molecule has 0 aromatic carbocycles. The first-order valence-electron chi connectivity index (χ1n) is 4.97.